The Hall–Kier alpha value is -2.56. The van der Waals surface area contributed by atoms with Gasteiger partial charge in [-0.1, -0.05) is 0 Å². The molecule has 0 saturated heterocycles. The number of nitrogens with one attached hydrogen (secondary N) is 1. The van der Waals surface area contributed by atoms with Crippen molar-refractivity contribution in [1.29, 1.82) is 0 Å². The summed E-state index contributed by atoms with van der Waals surface area (Å²) in [7, 11) is -3.34. The lowest BCUT2D eigenvalue weighted by Gasteiger charge is -2.18. The van der Waals surface area contributed by atoms with Crippen LogP contribution < -0.4 is 4.90 Å². The molecule has 11 heteroatoms. The summed E-state index contributed by atoms with van der Waals surface area (Å²) in [6.07, 6.45) is 3.12. The molecule has 0 aliphatic carbocycles. The second-order valence-corrected chi connectivity index (χ2v) is 6.59. The number of hydrogen-bond donors (Lipinski definition) is 1. The molecular weight excluding hydrogens is 334 g/mol. The third-order valence-electron chi connectivity index (χ3n) is 3.09. The molecule has 0 saturated carbocycles. The maximum absolute atomic E-state index is 12.6. The molecule has 0 atom stereocenters. The highest BCUT2D eigenvalue weighted by molar-refractivity contribution is 7.91. The first-order valence-corrected chi connectivity index (χ1v) is 7.77. The highest BCUT2D eigenvalue weighted by Crippen LogP contribution is 2.32. The van der Waals surface area contributed by atoms with Gasteiger partial charge in [0.2, 0.25) is 9.84 Å². The van der Waals surface area contributed by atoms with E-state index in [2.05, 4.69) is 10.2 Å². The fourth-order valence-electron chi connectivity index (χ4n) is 1.98. The van der Waals surface area contributed by atoms with Crippen molar-refractivity contribution in [1.82, 2.24) is 10.2 Å². The van der Waals surface area contributed by atoms with Crippen LogP contribution in [0.4, 0.5) is 20.2 Å². The first-order valence-electron chi connectivity index (χ1n) is 6.22. The summed E-state index contributed by atoms with van der Waals surface area (Å²) in [6, 6.07) is 2.70. The summed E-state index contributed by atoms with van der Waals surface area (Å²) in [5.41, 5.74) is 0.271. The third kappa shape index (κ3) is 3.44. The zero-order valence-electron chi connectivity index (χ0n) is 11.8. The van der Waals surface area contributed by atoms with Crippen molar-refractivity contribution < 1.29 is 22.1 Å². The normalized spacial score (nSPS) is 11.7. The predicted octanol–water partition coefficient (Wildman–Crippen LogP) is 1.95. The van der Waals surface area contributed by atoms with Crippen LogP contribution >= 0.6 is 0 Å². The maximum atomic E-state index is 12.6. The Morgan fingerprint density at radius 3 is 2.65 bits per heavy atom. The summed E-state index contributed by atoms with van der Waals surface area (Å²) in [4.78, 5) is 11.0. The molecule has 0 amide bonds. The van der Waals surface area contributed by atoms with Gasteiger partial charge in [0.1, 0.15) is 5.69 Å². The van der Waals surface area contributed by atoms with Crippen LogP contribution in [0.25, 0.3) is 0 Å². The van der Waals surface area contributed by atoms with Gasteiger partial charge in [-0.3, -0.25) is 15.2 Å². The molecule has 0 radical (unpaired) electrons. The monoisotopic (exact) mass is 346 g/mol. The van der Waals surface area contributed by atoms with Gasteiger partial charge in [-0.2, -0.15) is 13.9 Å². The van der Waals surface area contributed by atoms with Crippen molar-refractivity contribution in [2.24, 2.45) is 0 Å². The van der Waals surface area contributed by atoms with Crippen molar-refractivity contribution in [3.05, 3.63) is 46.3 Å². The predicted molar refractivity (Wildman–Crippen MR) is 77.0 cm³/mol. The number of rotatable bonds is 6. The van der Waals surface area contributed by atoms with Gasteiger partial charge in [0.05, 0.1) is 16.0 Å². The quantitative estimate of drug-likeness (QED) is 0.632. The van der Waals surface area contributed by atoms with Gasteiger partial charge < -0.3 is 4.90 Å². The van der Waals surface area contributed by atoms with Crippen molar-refractivity contribution >= 4 is 21.2 Å². The fraction of sp³-hybridized carbons (Fsp3) is 0.250. The zero-order valence-corrected chi connectivity index (χ0v) is 12.6. The van der Waals surface area contributed by atoms with E-state index in [1.165, 1.54) is 11.1 Å². The van der Waals surface area contributed by atoms with Gasteiger partial charge in [-0.25, -0.2) is 8.42 Å². The van der Waals surface area contributed by atoms with E-state index < -0.39 is 31.1 Å². The third-order valence-corrected chi connectivity index (χ3v) is 4.47. The van der Waals surface area contributed by atoms with Gasteiger partial charge in [0.15, 0.2) is 0 Å². The summed E-state index contributed by atoms with van der Waals surface area (Å²) in [6.45, 7) is 0.262. The number of nitrogens with zero attached hydrogens (tertiary/aromatic N) is 3. The van der Waals surface area contributed by atoms with E-state index in [1.807, 2.05) is 0 Å². The highest BCUT2D eigenvalue weighted by Gasteiger charge is 2.30. The molecule has 0 bridgehead atoms. The number of hydrogen-bond acceptors (Lipinski definition) is 6. The molecule has 0 unspecified atom stereocenters. The first-order chi connectivity index (χ1) is 10.7. The number of sulfone groups is 1. The standard InChI is InChI=1S/C12H12F2N4O4S/c1-17(7-8-5-15-16-6-8)10-3-2-9(4-11(10)18(19)20)23(21,22)12(13)14/h2-6,12H,7H2,1H3,(H,15,16). The number of halogens is 2. The second-order valence-electron chi connectivity index (χ2n) is 4.68. The number of H-pyrrole nitrogens is 1. The number of nitro benzene ring substituents is 1. The first kappa shape index (κ1) is 16.8. The lowest BCUT2D eigenvalue weighted by atomic mass is 10.2. The average Bonchev–Trinajstić information content (AvgIpc) is 2.99. The molecule has 1 aromatic heterocycles. The number of nitro groups is 1. The lowest BCUT2D eigenvalue weighted by Crippen LogP contribution is -2.18. The number of aromatic nitrogens is 2. The van der Waals surface area contributed by atoms with Crippen molar-refractivity contribution in [2.45, 2.75) is 17.2 Å². The zero-order chi connectivity index (χ0) is 17.2. The van der Waals surface area contributed by atoms with E-state index in [4.69, 9.17) is 0 Å². The average molecular weight is 346 g/mol. The molecule has 8 nitrogen and oxygen atoms in total. The summed E-state index contributed by atoms with van der Waals surface area (Å²) in [5, 5.41) is 17.5. The lowest BCUT2D eigenvalue weighted by molar-refractivity contribution is -0.384. The summed E-state index contributed by atoms with van der Waals surface area (Å²) >= 11 is 0. The number of aromatic amines is 1. The van der Waals surface area contributed by atoms with Crippen molar-refractivity contribution in [2.75, 3.05) is 11.9 Å². The van der Waals surface area contributed by atoms with Gasteiger partial charge in [-0.15, -0.1) is 0 Å². The van der Waals surface area contributed by atoms with E-state index >= 15 is 0 Å². The summed E-state index contributed by atoms with van der Waals surface area (Å²) in [5.74, 6) is -3.64. The highest BCUT2D eigenvalue weighted by atomic mass is 32.2. The Morgan fingerprint density at radius 1 is 1.43 bits per heavy atom. The Bertz CT molecular complexity index is 808. The minimum atomic E-state index is -4.90. The Kier molecular flexibility index (Phi) is 4.59. The Balaban J connectivity index is 2.43. The van der Waals surface area contributed by atoms with Crippen LogP contribution in [0.1, 0.15) is 5.56 Å². The Labute approximate surface area is 129 Å². The largest absolute Gasteiger partial charge is 0.365 e. The van der Waals surface area contributed by atoms with Gasteiger partial charge in [0.25, 0.3) is 5.69 Å². The van der Waals surface area contributed by atoms with E-state index in [9.17, 15) is 27.3 Å². The van der Waals surface area contributed by atoms with Crippen molar-refractivity contribution in [3.63, 3.8) is 0 Å². The molecule has 1 heterocycles. The van der Waals surface area contributed by atoms with E-state index in [1.54, 1.807) is 13.2 Å². The molecule has 2 rings (SSSR count). The van der Waals surface area contributed by atoms with Crippen LogP contribution in [0.5, 0.6) is 0 Å². The number of anilines is 1. The minimum Gasteiger partial charge on any atom is -0.365 e. The van der Waals surface area contributed by atoms with Crippen LogP contribution in [0.2, 0.25) is 0 Å². The van der Waals surface area contributed by atoms with Crippen LogP contribution in [0.15, 0.2) is 35.5 Å². The molecular formula is C12H12F2N4O4S. The molecule has 0 fully saturated rings. The summed E-state index contributed by atoms with van der Waals surface area (Å²) < 4.78 is 48.0. The van der Waals surface area contributed by atoms with Crippen LogP contribution in [-0.2, 0) is 16.4 Å². The molecule has 124 valence electrons. The topological polar surface area (TPSA) is 109 Å². The van der Waals surface area contributed by atoms with Gasteiger partial charge >= 0.3 is 5.76 Å². The molecule has 23 heavy (non-hydrogen) atoms. The SMILES string of the molecule is CN(Cc1cn[nH]c1)c1ccc(S(=O)(=O)C(F)F)cc1[N+](=O)[O-]. The smallest absolute Gasteiger partial charge is 0.341 e. The molecule has 0 spiro atoms. The number of alkyl halides is 2. The molecule has 2 aromatic rings. The van der Waals surface area contributed by atoms with E-state index in [-0.39, 0.29) is 12.2 Å². The fourth-order valence-corrected chi connectivity index (χ4v) is 2.71. The minimum absolute atomic E-state index is 0.101. The van der Waals surface area contributed by atoms with Gasteiger partial charge in [-0.05, 0) is 12.1 Å². The van der Waals surface area contributed by atoms with Crippen LogP contribution in [-0.4, -0.2) is 36.3 Å². The van der Waals surface area contributed by atoms with E-state index in [0.717, 1.165) is 17.7 Å². The Morgan fingerprint density at radius 2 is 2.13 bits per heavy atom. The molecule has 1 N–H and O–H groups in total. The van der Waals surface area contributed by atoms with Crippen LogP contribution in [0.3, 0.4) is 0 Å². The second kappa shape index (κ2) is 6.28. The molecule has 0 aliphatic heterocycles. The number of benzene rings is 1. The van der Waals surface area contributed by atoms with Crippen molar-refractivity contribution in [3.8, 4) is 0 Å². The maximum Gasteiger partial charge on any atom is 0.341 e. The molecule has 0 aliphatic rings. The van der Waals surface area contributed by atoms with Crippen LogP contribution in [0, 0.1) is 10.1 Å². The van der Waals surface area contributed by atoms with Gasteiger partial charge in [0, 0.05) is 31.4 Å². The molecule has 1 aromatic carbocycles. The van der Waals surface area contributed by atoms with E-state index in [0.29, 0.717) is 6.07 Å².